The number of rotatable bonds is 3. The first-order valence-corrected chi connectivity index (χ1v) is 2.90. The Hall–Kier alpha value is -0.990. The Bertz CT molecular complexity index is 104. The smallest absolute Gasteiger partial charge is 0.130 e. The Labute approximate surface area is 60.4 Å². The zero-order valence-electron chi connectivity index (χ0n) is 6.35. The molecule has 0 rings (SSSR count). The van der Waals surface area contributed by atoms with Crippen LogP contribution in [-0.4, -0.2) is 18.4 Å². The minimum absolute atomic E-state index is 0.0835. The molecule has 0 atom stereocenters. The van der Waals surface area contributed by atoms with Gasteiger partial charge in [-0.15, -0.1) is 0 Å². The molecular weight excluding hydrogens is 132 g/mol. The third kappa shape index (κ3) is 15.7. The minimum Gasteiger partial charge on any atom is -0.307 e. The molecule has 0 N–H and O–H groups in total. The van der Waals surface area contributed by atoms with Gasteiger partial charge in [0, 0.05) is 12.8 Å². The van der Waals surface area contributed by atoms with Crippen LogP contribution >= 0.6 is 0 Å². The summed E-state index contributed by atoms with van der Waals surface area (Å²) in [5.41, 5.74) is 0. The van der Waals surface area contributed by atoms with Crippen LogP contribution in [0.4, 0.5) is 0 Å². The Morgan fingerprint density at radius 3 is 1.30 bits per heavy atom. The molecular formula is C7H12O3. The molecule has 0 aliphatic rings. The van der Waals surface area contributed by atoms with E-state index >= 15 is 0 Å². The zero-order chi connectivity index (χ0) is 8.57. The van der Waals surface area contributed by atoms with Crippen molar-refractivity contribution in [2.24, 2.45) is 0 Å². The highest BCUT2D eigenvalue weighted by Crippen LogP contribution is 1.89. The molecule has 0 aromatic carbocycles. The number of carbonyl (C=O) groups excluding carboxylic acids is 3. The molecule has 0 amide bonds. The molecule has 0 bridgehead atoms. The summed E-state index contributed by atoms with van der Waals surface area (Å²) in [6, 6.07) is 0. The van der Waals surface area contributed by atoms with E-state index in [0.717, 1.165) is 0 Å². The summed E-state index contributed by atoms with van der Waals surface area (Å²) in [4.78, 5) is 28.4. The summed E-state index contributed by atoms with van der Waals surface area (Å²) in [7, 11) is 0. The second kappa shape index (κ2) is 8.01. The first-order valence-electron chi connectivity index (χ1n) is 2.90. The lowest BCUT2D eigenvalue weighted by Gasteiger charge is -1.86. The second-order valence-electron chi connectivity index (χ2n) is 1.90. The lowest BCUT2D eigenvalue weighted by atomic mass is 10.2. The van der Waals surface area contributed by atoms with E-state index in [0.29, 0.717) is 12.8 Å². The van der Waals surface area contributed by atoms with E-state index in [1.807, 2.05) is 6.79 Å². The molecule has 0 radical (unpaired) electrons. The van der Waals surface area contributed by atoms with Crippen molar-refractivity contribution < 1.29 is 14.4 Å². The highest BCUT2D eigenvalue weighted by Gasteiger charge is 1.95. The fourth-order valence-electron chi connectivity index (χ4n) is 0.352. The van der Waals surface area contributed by atoms with Gasteiger partial charge in [0.25, 0.3) is 0 Å². The minimum atomic E-state index is 0.0835. The van der Waals surface area contributed by atoms with E-state index < -0.39 is 0 Å². The molecule has 0 saturated carbocycles. The van der Waals surface area contributed by atoms with Crippen LogP contribution in [0.5, 0.6) is 0 Å². The Kier molecular flexibility index (Phi) is 9.42. The molecule has 0 aromatic heterocycles. The monoisotopic (exact) mass is 144 g/mol. The first kappa shape index (κ1) is 11.8. The Morgan fingerprint density at radius 2 is 1.20 bits per heavy atom. The standard InChI is InChI=1S/C6H10O2.CH2O/c1-5(7)3-4-6(2)8;1-2/h3-4H2,1-2H3;1H2. The van der Waals surface area contributed by atoms with Crippen LogP contribution in [0, 0.1) is 0 Å². The van der Waals surface area contributed by atoms with Gasteiger partial charge in [0.05, 0.1) is 0 Å². The van der Waals surface area contributed by atoms with Gasteiger partial charge < -0.3 is 14.4 Å². The Morgan fingerprint density at radius 1 is 1.00 bits per heavy atom. The van der Waals surface area contributed by atoms with Gasteiger partial charge in [-0.2, -0.15) is 0 Å². The van der Waals surface area contributed by atoms with Crippen molar-refractivity contribution in [1.82, 2.24) is 0 Å². The Balaban J connectivity index is 0. The normalized spacial score (nSPS) is 7.40. The summed E-state index contributed by atoms with van der Waals surface area (Å²) < 4.78 is 0. The zero-order valence-corrected chi connectivity index (χ0v) is 6.35. The second-order valence-corrected chi connectivity index (χ2v) is 1.90. The van der Waals surface area contributed by atoms with Gasteiger partial charge in [-0.3, -0.25) is 0 Å². The molecule has 0 aliphatic carbocycles. The van der Waals surface area contributed by atoms with Crippen LogP contribution in [0.2, 0.25) is 0 Å². The molecule has 0 unspecified atom stereocenters. The van der Waals surface area contributed by atoms with E-state index in [-0.39, 0.29) is 11.6 Å². The van der Waals surface area contributed by atoms with Crippen LogP contribution in [0.25, 0.3) is 0 Å². The molecule has 10 heavy (non-hydrogen) atoms. The van der Waals surface area contributed by atoms with Gasteiger partial charge in [0.15, 0.2) is 0 Å². The van der Waals surface area contributed by atoms with Crippen molar-refractivity contribution in [2.45, 2.75) is 26.7 Å². The molecule has 58 valence electrons. The topological polar surface area (TPSA) is 51.2 Å². The fraction of sp³-hybridized carbons (Fsp3) is 0.571. The first-order chi connectivity index (χ1) is 4.63. The van der Waals surface area contributed by atoms with Crippen LogP contribution in [-0.2, 0) is 14.4 Å². The third-order valence-electron chi connectivity index (χ3n) is 0.829. The molecule has 0 fully saturated rings. The maximum Gasteiger partial charge on any atom is 0.130 e. The van der Waals surface area contributed by atoms with E-state index in [9.17, 15) is 9.59 Å². The van der Waals surface area contributed by atoms with Crippen molar-refractivity contribution in [3.63, 3.8) is 0 Å². The molecule has 0 aromatic rings. The lowest BCUT2D eigenvalue weighted by Crippen LogP contribution is -1.95. The van der Waals surface area contributed by atoms with Crippen LogP contribution in [0.1, 0.15) is 26.7 Å². The predicted octanol–water partition coefficient (Wildman–Crippen LogP) is 0.760. The number of Topliss-reactive ketones (excluding diaryl/α,β-unsaturated/α-hetero) is 2. The summed E-state index contributed by atoms with van der Waals surface area (Å²) in [6.45, 7) is 4.98. The van der Waals surface area contributed by atoms with E-state index in [4.69, 9.17) is 4.79 Å². The quantitative estimate of drug-likeness (QED) is 0.587. The van der Waals surface area contributed by atoms with Crippen molar-refractivity contribution in [1.29, 1.82) is 0 Å². The maximum absolute atomic E-state index is 10.2. The van der Waals surface area contributed by atoms with Gasteiger partial charge >= 0.3 is 0 Å². The summed E-state index contributed by atoms with van der Waals surface area (Å²) >= 11 is 0. The molecule has 0 saturated heterocycles. The molecule has 0 heterocycles. The van der Waals surface area contributed by atoms with Crippen LogP contribution < -0.4 is 0 Å². The third-order valence-corrected chi connectivity index (χ3v) is 0.829. The number of carbonyl (C=O) groups is 3. The van der Waals surface area contributed by atoms with E-state index in [1.165, 1.54) is 13.8 Å². The highest BCUT2D eigenvalue weighted by molar-refractivity contribution is 5.83. The number of hydrogen-bond donors (Lipinski definition) is 0. The van der Waals surface area contributed by atoms with Gasteiger partial charge in [-0.1, -0.05) is 0 Å². The van der Waals surface area contributed by atoms with Crippen molar-refractivity contribution in [3.8, 4) is 0 Å². The van der Waals surface area contributed by atoms with Gasteiger partial charge in [0.2, 0.25) is 0 Å². The summed E-state index contributed by atoms with van der Waals surface area (Å²) in [5.74, 6) is 0.167. The maximum atomic E-state index is 10.2. The molecule has 3 nitrogen and oxygen atoms in total. The van der Waals surface area contributed by atoms with Gasteiger partial charge in [-0.05, 0) is 13.8 Å². The van der Waals surface area contributed by atoms with Crippen molar-refractivity contribution in [2.75, 3.05) is 0 Å². The van der Waals surface area contributed by atoms with Gasteiger partial charge in [0.1, 0.15) is 18.4 Å². The van der Waals surface area contributed by atoms with Gasteiger partial charge in [-0.25, -0.2) is 0 Å². The fourth-order valence-corrected chi connectivity index (χ4v) is 0.352. The average Bonchev–Trinajstić information content (AvgIpc) is 1.89. The average molecular weight is 144 g/mol. The molecule has 0 spiro atoms. The SMILES string of the molecule is C=O.CC(=O)CCC(C)=O. The van der Waals surface area contributed by atoms with Crippen molar-refractivity contribution >= 4 is 18.4 Å². The van der Waals surface area contributed by atoms with Crippen molar-refractivity contribution in [3.05, 3.63) is 0 Å². The lowest BCUT2D eigenvalue weighted by molar-refractivity contribution is -0.122. The largest absolute Gasteiger partial charge is 0.307 e. The number of hydrogen-bond acceptors (Lipinski definition) is 3. The van der Waals surface area contributed by atoms with E-state index in [1.54, 1.807) is 0 Å². The number of ketones is 2. The van der Waals surface area contributed by atoms with Crippen LogP contribution in [0.15, 0.2) is 0 Å². The molecule has 0 aliphatic heterocycles. The molecule has 3 heteroatoms. The highest BCUT2D eigenvalue weighted by atomic mass is 16.1. The predicted molar refractivity (Wildman–Crippen MR) is 37.7 cm³/mol. The van der Waals surface area contributed by atoms with Crippen LogP contribution in [0.3, 0.4) is 0 Å². The van der Waals surface area contributed by atoms with E-state index in [2.05, 4.69) is 0 Å². The summed E-state index contributed by atoms with van der Waals surface area (Å²) in [6.07, 6.45) is 0.796. The summed E-state index contributed by atoms with van der Waals surface area (Å²) in [5, 5.41) is 0.